The van der Waals surface area contributed by atoms with Crippen molar-refractivity contribution in [2.75, 3.05) is 6.26 Å². The molecule has 0 unspecified atom stereocenters. The lowest BCUT2D eigenvalue weighted by Gasteiger charge is -2.06. The van der Waals surface area contributed by atoms with E-state index in [2.05, 4.69) is 17.1 Å². The average Bonchev–Trinajstić information content (AvgIpc) is 2.69. The standard InChI is InChI=1S/C12H15N3OS/c1-9-4-6-10(7-5-9)16-8-11-13-14-12(17-3)15(11)2/h4-7H,8H2,1-3H3. The highest BCUT2D eigenvalue weighted by Gasteiger charge is 2.07. The van der Waals surface area contributed by atoms with Gasteiger partial charge in [0, 0.05) is 7.05 Å². The number of thioether (sulfide) groups is 1. The van der Waals surface area contributed by atoms with Gasteiger partial charge < -0.3 is 9.30 Å². The summed E-state index contributed by atoms with van der Waals surface area (Å²) in [5, 5.41) is 9.04. The summed E-state index contributed by atoms with van der Waals surface area (Å²) in [6, 6.07) is 7.97. The predicted molar refractivity (Wildman–Crippen MR) is 68.3 cm³/mol. The van der Waals surface area contributed by atoms with E-state index in [4.69, 9.17) is 4.74 Å². The van der Waals surface area contributed by atoms with Gasteiger partial charge in [-0.2, -0.15) is 0 Å². The van der Waals surface area contributed by atoms with Gasteiger partial charge in [-0.3, -0.25) is 0 Å². The monoisotopic (exact) mass is 249 g/mol. The van der Waals surface area contributed by atoms with Gasteiger partial charge in [0.15, 0.2) is 11.0 Å². The van der Waals surface area contributed by atoms with E-state index in [1.54, 1.807) is 11.8 Å². The third-order valence-electron chi connectivity index (χ3n) is 2.50. The minimum atomic E-state index is 0.438. The third kappa shape index (κ3) is 2.79. The van der Waals surface area contributed by atoms with Crippen molar-refractivity contribution in [1.82, 2.24) is 14.8 Å². The maximum absolute atomic E-state index is 5.65. The van der Waals surface area contributed by atoms with E-state index < -0.39 is 0 Å². The fourth-order valence-corrected chi connectivity index (χ4v) is 1.93. The summed E-state index contributed by atoms with van der Waals surface area (Å²) in [6.45, 7) is 2.49. The minimum absolute atomic E-state index is 0.438. The first-order chi connectivity index (χ1) is 8.20. The molecule has 0 bridgehead atoms. The zero-order chi connectivity index (χ0) is 12.3. The number of nitrogens with zero attached hydrogens (tertiary/aromatic N) is 3. The SMILES string of the molecule is CSc1nnc(COc2ccc(C)cc2)n1C. The molecule has 5 heteroatoms. The Kier molecular flexibility index (Phi) is 3.68. The van der Waals surface area contributed by atoms with Crippen molar-refractivity contribution in [1.29, 1.82) is 0 Å². The van der Waals surface area contributed by atoms with Crippen LogP contribution in [-0.4, -0.2) is 21.0 Å². The molecule has 2 aromatic rings. The van der Waals surface area contributed by atoms with Gasteiger partial charge in [0.1, 0.15) is 12.4 Å². The van der Waals surface area contributed by atoms with Crippen LogP contribution in [0.3, 0.4) is 0 Å². The molecular weight excluding hydrogens is 234 g/mol. The van der Waals surface area contributed by atoms with Gasteiger partial charge in [0.25, 0.3) is 0 Å². The van der Waals surface area contributed by atoms with Crippen molar-refractivity contribution in [3.05, 3.63) is 35.7 Å². The van der Waals surface area contributed by atoms with E-state index in [-0.39, 0.29) is 0 Å². The van der Waals surface area contributed by atoms with Gasteiger partial charge >= 0.3 is 0 Å². The lowest BCUT2D eigenvalue weighted by Crippen LogP contribution is -2.04. The maximum Gasteiger partial charge on any atom is 0.190 e. The number of ether oxygens (including phenoxy) is 1. The summed E-state index contributed by atoms with van der Waals surface area (Å²) in [5.74, 6) is 1.68. The smallest absolute Gasteiger partial charge is 0.190 e. The summed E-state index contributed by atoms with van der Waals surface area (Å²) in [5.41, 5.74) is 1.22. The first-order valence-electron chi connectivity index (χ1n) is 5.32. The Hall–Kier alpha value is -1.49. The molecule has 1 heterocycles. The normalized spacial score (nSPS) is 10.5. The number of hydrogen-bond donors (Lipinski definition) is 0. The quantitative estimate of drug-likeness (QED) is 0.780. The molecule has 0 saturated heterocycles. The van der Waals surface area contributed by atoms with Crippen molar-refractivity contribution >= 4 is 11.8 Å². The lowest BCUT2D eigenvalue weighted by atomic mass is 10.2. The van der Waals surface area contributed by atoms with Gasteiger partial charge in [0.05, 0.1) is 0 Å². The van der Waals surface area contributed by atoms with Crippen LogP contribution in [0.2, 0.25) is 0 Å². The maximum atomic E-state index is 5.65. The molecule has 1 aromatic heterocycles. The second-order valence-corrected chi connectivity index (χ2v) is 4.54. The van der Waals surface area contributed by atoms with Crippen molar-refractivity contribution < 1.29 is 4.74 Å². The second kappa shape index (κ2) is 5.23. The summed E-state index contributed by atoms with van der Waals surface area (Å²) in [4.78, 5) is 0. The first kappa shape index (κ1) is 12.0. The summed E-state index contributed by atoms with van der Waals surface area (Å²) in [7, 11) is 1.94. The van der Waals surface area contributed by atoms with E-state index in [1.807, 2.05) is 42.1 Å². The molecule has 0 aliphatic carbocycles. The lowest BCUT2D eigenvalue weighted by molar-refractivity contribution is 0.290. The van der Waals surface area contributed by atoms with E-state index >= 15 is 0 Å². The third-order valence-corrected chi connectivity index (χ3v) is 3.22. The topological polar surface area (TPSA) is 39.9 Å². The Morgan fingerprint density at radius 3 is 2.53 bits per heavy atom. The number of benzene rings is 1. The zero-order valence-electron chi connectivity index (χ0n) is 10.2. The van der Waals surface area contributed by atoms with Crippen LogP contribution in [0.1, 0.15) is 11.4 Å². The highest BCUT2D eigenvalue weighted by molar-refractivity contribution is 7.98. The van der Waals surface area contributed by atoms with Gasteiger partial charge in [0.2, 0.25) is 0 Å². The number of hydrogen-bond acceptors (Lipinski definition) is 4. The van der Waals surface area contributed by atoms with Gasteiger partial charge in [-0.05, 0) is 25.3 Å². The van der Waals surface area contributed by atoms with Crippen LogP contribution in [-0.2, 0) is 13.7 Å². The van der Waals surface area contributed by atoms with Crippen LogP contribution in [0.25, 0.3) is 0 Å². The molecule has 0 radical (unpaired) electrons. The predicted octanol–water partition coefficient (Wildman–Crippen LogP) is 2.42. The molecule has 90 valence electrons. The first-order valence-corrected chi connectivity index (χ1v) is 6.55. The molecule has 0 spiro atoms. The van der Waals surface area contributed by atoms with Crippen LogP contribution >= 0.6 is 11.8 Å². The molecule has 0 N–H and O–H groups in total. The van der Waals surface area contributed by atoms with E-state index in [9.17, 15) is 0 Å². The molecule has 1 aromatic carbocycles. The Morgan fingerprint density at radius 1 is 1.24 bits per heavy atom. The molecular formula is C12H15N3OS. The largest absolute Gasteiger partial charge is 0.486 e. The molecule has 4 nitrogen and oxygen atoms in total. The molecule has 0 atom stereocenters. The van der Waals surface area contributed by atoms with Gasteiger partial charge in [-0.15, -0.1) is 10.2 Å². The van der Waals surface area contributed by atoms with Crippen molar-refractivity contribution in [2.24, 2.45) is 7.05 Å². The van der Waals surface area contributed by atoms with Gasteiger partial charge in [-0.1, -0.05) is 29.5 Å². The van der Waals surface area contributed by atoms with E-state index in [0.29, 0.717) is 6.61 Å². The molecule has 0 fully saturated rings. The fraction of sp³-hybridized carbons (Fsp3) is 0.333. The molecule has 0 amide bonds. The molecule has 2 rings (SSSR count). The second-order valence-electron chi connectivity index (χ2n) is 3.76. The van der Waals surface area contributed by atoms with Crippen molar-refractivity contribution in [2.45, 2.75) is 18.7 Å². The summed E-state index contributed by atoms with van der Waals surface area (Å²) < 4.78 is 7.60. The molecule has 0 aliphatic rings. The average molecular weight is 249 g/mol. The Labute approximate surface area is 105 Å². The molecule has 0 aliphatic heterocycles. The highest BCUT2D eigenvalue weighted by atomic mass is 32.2. The van der Waals surface area contributed by atoms with Crippen LogP contribution in [0, 0.1) is 6.92 Å². The van der Waals surface area contributed by atoms with E-state index in [0.717, 1.165) is 16.7 Å². The molecule has 0 saturated carbocycles. The van der Waals surface area contributed by atoms with Crippen LogP contribution in [0.15, 0.2) is 29.4 Å². The number of aromatic nitrogens is 3. The Morgan fingerprint density at radius 2 is 1.94 bits per heavy atom. The Balaban J connectivity index is 2.02. The minimum Gasteiger partial charge on any atom is -0.486 e. The van der Waals surface area contributed by atoms with Crippen LogP contribution in [0.5, 0.6) is 5.75 Å². The number of rotatable bonds is 4. The number of aryl methyl sites for hydroxylation is 1. The van der Waals surface area contributed by atoms with E-state index in [1.165, 1.54) is 5.56 Å². The van der Waals surface area contributed by atoms with Crippen LogP contribution < -0.4 is 4.74 Å². The zero-order valence-corrected chi connectivity index (χ0v) is 11.0. The summed E-state index contributed by atoms with van der Waals surface area (Å²) >= 11 is 1.57. The highest BCUT2D eigenvalue weighted by Crippen LogP contribution is 2.15. The fourth-order valence-electron chi connectivity index (χ4n) is 1.43. The molecule has 17 heavy (non-hydrogen) atoms. The Bertz CT molecular complexity index is 493. The summed E-state index contributed by atoms with van der Waals surface area (Å²) in [6.07, 6.45) is 1.98. The van der Waals surface area contributed by atoms with Crippen LogP contribution in [0.4, 0.5) is 0 Å². The van der Waals surface area contributed by atoms with Gasteiger partial charge in [-0.25, -0.2) is 0 Å². The van der Waals surface area contributed by atoms with Crippen molar-refractivity contribution in [3.63, 3.8) is 0 Å². The van der Waals surface area contributed by atoms with Crippen molar-refractivity contribution in [3.8, 4) is 5.75 Å².